The number of nitrogens with two attached hydrogens (primary N) is 1. The maximum Gasteiger partial charge on any atom is 0.0426 e. The summed E-state index contributed by atoms with van der Waals surface area (Å²) in [5.74, 6) is 0. The number of hydrogen-bond acceptors (Lipinski definition) is 3. The van der Waals surface area contributed by atoms with Gasteiger partial charge in [-0.2, -0.15) is 0 Å². The molecule has 1 aliphatic rings. The molecule has 2 rings (SSSR count). The standard InChI is InChI=1S/C14H22ClN3/c1-2-13(11-16)17-6-8-18(9-7-17)14-5-3-4-12(15)10-14/h3-5,10,13H,2,6-9,11,16H2,1H3. The van der Waals surface area contributed by atoms with Crippen LogP contribution in [0.4, 0.5) is 5.69 Å². The topological polar surface area (TPSA) is 32.5 Å². The van der Waals surface area contributed by atoms with Crippen LogP contribution in [0.2, 0.25) is 5.02 Å². The molecule has 0 spiro atoms. The highest BCUT2D eigenvalue weighted by molar-refractivity contribution is 6.30. The molecule has 0 radical (unpaired) electrons. The summed E-state index contributed by atoms with van der Waals surface area (Å²) in [7, 11) is 0. The van der Waals surface area contributed by atoms with Gasteiger partial charge < -0.3 is 10.6 Å². The van der Waals surface area contributed by atoms with E-state index in [0.29, 0.717) is 6.04 Å². The first kappa shape index (κ1) is 13.7. The minimum Gasteiger partial charge on any atom is -0.369 e. The van der Waals surface area contributed by atoms with Gasteiger partial charge in [-0.05, 0) is 24.6 Å². The van der Waals surface area contributed by atoms with Crippen molar-refractivity contribution in [1.82, 2.24) is 4.90 Å². The third-order valence-electron chi connectivity index (χ3n) is 3.75. The second-order valence-electron chi connectivity index (χ2n) is 4.80. The molecule has 0 amide bonds. The molecule has 18 heavy (non-hydrogen) atoms. The van der Waals surface area contributed by atoms with Crippen molar-refractivity contribution in [3.05, 3.63) is 29.3 Å². The molecule has 0 aromatic heterocycles. The minimum absolute atomic E-state index is 0.534. The Balaban J connectivity index is 1.94. The molecule has 1 fully saturated rings. The summed E-state index contributed by atoms with van der Waals surface area (Å²) in [6.07, 6.45) is 1.13. The Morgan fingerprint density at radius 1 is 1.28 bits per heavy atom. The molecule has 1 aromatic rings. The van der Waals surface area contributed by atoms with E-state index in [-0.39, 0.29) is 0 Å². The van der Waals surface area contributed by atoms with Gasteiger partial charge in [0.2, 0.25) is 0 Å². The largest absolute Gasteiger partial charge is 0.369 e. The zero-order chi connectivity index (χ0) is 13.0. The molecule has 1 aliphatic heterocycles. The first-order chi connectivity index (χ1) is 8.74. The second-order valence-corrected chi connectivity index (χ2v) is 5.24. The predicted molar refractivity (Wildman–Crippen MR) is 78.4 cm³/mol. The van der Waals surface area contributed by atoms with Gasteiger partial charge in [0.05, 0.1) is 0 Å². The van der Waals surface area contributed by atoms with Gasteiger partial charge in [0.25, 0.3) is 0 Å². The summed E-state index contributed by atoms with van der Waals surface area (Å²) in [6.45, 7) is 7.24. The average Bonchev–Trinajstić information content (AvgIpc) is 2.41. The van der Waals surface area contributed by atoms with Gasteiger partial charge >= 0.3 is 0 Å². The summed E-state index contributed by atoms with van der Waals surface area (Å²) in [5.41, 5.74) is 7.03. The maximum atomic E-state index is 6.03. The molecule has 100 valence electrons. The van der Waals surface area contributed by atoms with Gasteiger partial charge in [0, 0.05) is 49.5 Å². The fourth-order valence-electron chi connectivity index (χ4n) is 2.59. The van der Waals surface area contributed by atoms with E-state index in [0.717, 1.165) is 44.2 Å². The van der Waals surface area contributed by atoms with Gasteiger partial charge in [-0.3, -0.25) is 4.90 Å². The molecule has 1 atom stereocenters. The Kier molecular flexibility index (Phi) is 4.87. The van der Waals surface area contributed by atoms with E-state index in [2.05, 4.69) is 22.8 Å². The number of halogens is 1. The van der Waals surface area contributed by atoms with Crippen LogP contribution in [0.25, 0.3) is 0 Å². The first-order valence-corrected chi connectivity index (χ1v) is 7.07. The van der Waals surface area contributed by atoms with Crippen molar-refractivity contribution < 1.29 is 0 Å². The average molecular weight is 268 g/mol. The Labute approximate surface area is 115 Å². The summed E-state index contributed by atoms with van der Waals surface area (Å²) in [5, 5.41) is 0.809. The van der Waals surface area contributed by atoms with Crippen LogP contribution >= 0.6 is 11.6 Å². The number of piperazine rings is 1. The van der Waals surface area contributed by atoms with Crippen LogP contribution in [-0.2, 0) is 0 Å². The van der Waals surface area contributed by atoms with Crippen molar-refractivity contribution in [2.24, 2.45) is 5.73 Å². The number of hydrogen-bond donors (Lipinski definition) is 1. The highest BCUT2D eigenvalue weighted by Gasteiger charge is 2.21. The molecule has 1 saturated heterocycles. The predicted octanol–water partition coefficient (Wildman–Crippen LogP) is 2.20. The molecule has 1 aromatic carbocycles. The van der Waals surface area contributed by atoms with E-state index < -0.39 is 0 Å². The van der Waals surface area contributed by atoms with Crippen molar-refractivity contribution in [2.45, 2.75) is 19.4 Å². The number of nitrogens with zero attached hydrogens (tertiary/aromatic N) is 2. The molecule has 1 unspecified atom stereocenters. The monoisotopic (exact) mass is 267 g/mol. The Morgan fingerprint density at radius 2 is 2.00 bits per heavy atom. The lowest BCUT2D eigenvalue weighted by molar-refractivity contribution is 0.184. The second kappa shape index (κ2) is 6.41. The fourth-order valence-corrected chi connectivity index (χ4v) is 2.78. The lowest BCUT2D eigenvalue weighted by atomic mass is 10.1. The number of rotatable bonds is 4. The van der Waals surface area contributed by atoms with Crippen LogP contribution in [0.1, 0.15) is 13.3 Å². The van der Waals surface area contributed by atoms with E-state index >= 15 is 0 Å². The van der Waals surface area contributed by atoms with Crippen LogP contribution in [0.5, 0.6) is 0 Å². The van der Waals surface area contributed by atoms with Crippen molar-refractivity contribution in [3.63, 3.8) is 0 Å². The van der Waals surface area contributed by atoms with E-state index in [1.54, 1.807) is 0 Å². The summed E-state index contributed by atoms with van der Waals surface area (Å²) in [4.78, 5) is 4.90. The third kappa shape index (κ3) is 3.16. The van der Waals surface area contributed by atoms with Gasteiger partial charge in [0.15, 0.2) is 0 Å². The van der Waals surface area contributed by atoms with E-state index in [1.807, 2.05) is 18.2 Å². The fraction of sp³-hybridized carbons (Fsp3) is 0.571. The zero-order valence-electron chi connectivity index (χ0n) is 11.0. The molecule has 0 aliphatic carbocycles. The highest BCUT2D eigenvalue weighted by atomic mass is 35.5. The normalized spacial score (nSPS) is 18.9. The summed E-state index contributed by atoms with van der Waals surface area (Å²) >= 11 is 6.03. The SMILES string of the molecule is CCC(CN)N1CCN(c2cccc(Cl)c2)CC1. The summed E-state index contributed by atoms with van der Waals surface area (Å²) < 4.78 is 0. The lowest BCUT2D eigenvalue weighted by Crippen LogP contribution is -2.52. The molecular weight excluding hydrogens is 246 g/mol. The minimum atomic E-state index is 0.534. The van der Waals surface area contributed by atoms with Gasteiger partial charge in [0.1, 0.15) is 0 Å². The van der Waals surface area contributed by atoms with Gasteiger partial charge in [-0.15, -0.1) is 0 Å². The number of benzene rings is 1. The Hall–Kier alpha value is -0.770. The molecule has 1 heterocycles. The zero-order valence-corrected chi connectivity index (χ0v) is 11.7. The van der Waals surface area contributed by atoms with Gasteiger partial charge in [-0.1, -0.05) is 24.6 Å². The van der Waals surface area contributed by atoms with Crippen molar-refractivity contribution in [2.75, 3.05) is 37.6 Å². The lowest BCUT2D eigenvalue weighted by Gasteiger charge is -2.39. The quantitative estimate of drug-likeness (QED) is 0.908. The van der Waals surface area contributed by atoms with E-state index in [4.69, 9.17) is 17.3 Å². The molecule has 2 N–H and O–H groups in total. The van der Waals surface area contributed by atoms with Crippen molar-refractivity contribution in [1.29, 1.82) is 0 Å². The van der Waals surface area contributed by atoms with Crippen molar-refractivity contribution >= 4 is 17.3 Å². The van der Waals surface area contributed by atoms with Gasteiger partial charge in [-0.25, -0.2) is 0 Å². The Morgan fingerprint density at radius 3 is 2.56 bits per heavy atom. The van der Waals surface area contributed by atoms with E-state index in [1.165, 1.54) is 5.69 Å². The molecule has 0 saturated carbocycles. The van der Waals surface area contributed by atoms with Crippen LogP contribution in [0.3, 0.4) is 0 Å². The van der Waals surface area contributed by atoms with Crippen LogP contribution < -0.4 is 10.6 Å². The van der Waals surface area contributed by atoms with Crippen LogP contribution in [-0.4, -0.2) is 43.7 Å². The highest BCUT2D eigenvalue weighted by Crippen LogP contribution is 2.21. The Bertz CT molecular complexity index is 371. The summed E-state index contributed by atoms with van der Waals surface area (Å²) in [6, 6.07) is 8.63. The number of anilines is 1. The molecule has 4 heteroatoms. The smallest absolute Gasteiger partial charge is 0.0426 e. The molecular formula is C14H22ClN3. The van der Waals surface area contributed by atoms with Crippen LogP contribution in [0, 0.1) is 0 Å². The van der Waals surface area contributed by atoms with E-state index in [9.17, 15) is 0 Å². The van der Waals surface area contributed by atoms with Crippen molar-refractivity contribution in [3.8, 4) is 0 Å². The third-order valence-corrected chi connectivity index (χ3v) is 3.98. The molecule has 3 nitrogen and oxygen atoms in total. The van der Waals surface area contributed by atoms with Crippen LogP contribution in [0.15, 0.2) is 24.3 Å². The molecule has 0 bridgehead atoms. The first-order valence-electron chi connectivity index (χ1n) is 6.69. The maximum absolute atomic E-state index is 6.03.